The molecule has 1 aromatic carbocycles. The van der Waals surface area contributed by atoms with Gasteiger partial charge in [-0.05, 0) is 30.2 Å². The first-order chi connectivity index (χ1) is 7.36. The van der Waals surface area contributed by atoms with E-state index in [4.69, 9.17) is 16.3 Å². The summed E-state index contributed by atoms with van der Waals surface area (Å²) in [6, 6.07) is 6.17. The zero-order valence-electron chi connectivity index (χ0n) is 8.50. The summed E-state index contributed by atoms with van der Waals surface area (Å²) in [4.78, 5) is 0. The van der Waals surface area contributed by atoms with Gasteiger partial charge in [-0.25, -0.2) is 0 Å². The van der Waals surface area contributed by atoms with Crippen molar-refractivity contribution in [3.63, 3.8) is 0 Å². The standard InChI is InChI=1S/C12H14ClNO/c13-11-3-1-2-8-9-6-14-5-4-12(9)15-7-10(8)11/h1-3,9,12,14H,4-7H2/t9-,12-/m1/s1. The maximum absolute atomic E-state index is 6.17. The van der Waals surface area contributed by atoms with Crippen LogP contribution in [0.3, 0.4) is 0 Å². The number of benzene rings is 1. The largest absolute Gasteiger partial charge is 0.373 e. The van der Waals surface area contributed by atoms with Crippen LogP contribution in [0.5, 0.6) is 0 Å². The predicted octanol–water partition coefficient (Wildman–Crippen LogP) is 2.32. The van der Waals surface area contributed by atoms with Crippen LogP contribution in [-0.4, -0.2) is 19.2 Å². The molecular formula is C12H14ClNO. The Morgan fingerprint density at radius 2 is 2.33 bits per heavy atom. The Bertz CT molecular complexity index is 380. The molecule has 0 radical (unpaired) electrons. The number of piperidine rings is 1. The number of halogens is 1. The van der Waals surface area contributed by atoms with Crippen molar-refractivity contribution < 1.29 is 4.74 Å². The van der Waals surface area contributed by atoms with E-state index in [0.29, 0.717) is 18.6 Å². The van der Waals surface area contributed by atoms with Crippen LogP contribution < -0.4 is 5.32 Å². The van der Waals surface area contributed by atoms with E-state index < -0.39 is 0 Å². The highest BCUT2D eigenvalue weighted by molar-refractivity contribution is 6.31. The Morgan fingerprint density at radius 3 is 3.27 bits per heavy atom. The van der Waals surface area contributed by atoms with E-state index in [0.717, 1.165) is 24.5 Å². The van der Waals surface area contributed by atoms with E-state index in [9.17, 15) is 0 Å². The first kappa shape index (κ1) is 9.64. The Kier molecular flexibility index (Phi) is 2.43. The molecule has 0 unspecified atom stereocenters. The second kappa shape index (κ2) is 3.78. The third-order valence-corrected chi connectivity index (χ3v) is 3.77. The summed E-state index contributed by atoms with van der Waals surface area (Å²) in [6.45, 7) is 2.76. The van der Waals surface area contributed by atoms with Crippen molar-refractivity contribution in [1.82, 2.24) is 5.32 Å². The van der Waals surface area contributed by atoms with Gasteiger partial charge in [-0.3, -0.25) is 0 Å². The van der Waals surface area contributed by atoms with Crippen LogP contribution in [0.4, 0.5) is 0 Å². The Balaban J connectivity index is 2.03. The summed E-state index contributed by atoms with van der Waals surface area (Å²) in [5, 5.41) is 4.27. The minimum Gasteiger partial charge on any atom is -0.373 e. The van der Waals surface area contributed by atoms with Crippen molar-refractivity contribution in [1.29, 1.82) is 0 Å². The van der Waals surface area contributed by atoms with Crippen LogP contribution in [0.2, 0.25) is 5.02 Å². The van der Waals surface area contributed by atoms with Crippen molar-refractivity contribution in [2.24, 2.45) is 0 Å². The lowest BCUT2D eigenvalue weighted by Gasteiger charge is -2.37. The summed E-state index contributed by atoms with van der Waals surface area (Å²) in [6.07, 6.45) is 1.49. The van der Waals surface area contributed by atoms with Crippen LogP contribution in [0.25, 0.3) is 0 Å². The molecule has 1 fully saturated rings. The molecule has 2 aliphatic rings. The average molecular weight is 224 g/mol. The van der Waals surface area contributed by atoms with E-state index in [1.165, 1.54) is 11.1 Å². The fraction of sp³-hybridized carbons (Fsp3) is 0.500. The predicted molar refractivity (Wildman–Crippen MR) is 60.3 cm³/mol. The van der Waals surface area contributed by atoms with E-state index in [2.05, 4.69) is 11.4 Å². The minimum absolute atomic E-state index is 0.386. The molecule has 3 rings (SSSR count). The van der Waals surface area contributed by atoms with Gasteiger partial charge >= 0.3 is 0 Å². The van der Waals surface area contributed by atoms with Gasteiger partial charge in [0.05, 0.1) is 12.7 Å². The third-order valence-electron chi connectivity index (χ3n) is 3.41. The maximum Gasteiger partial charge on any atom is 0.0738 e. The van der Waals surface area contributed by atoms with Crippen molar-refractivity contribution >= 4 is 11.6 Å². The smallest absolute Gasteiger partial charge is 0.0738 e. The average Bonchev–Trinajstić information content (AvgIpc) is 2.29. The van der Waals surface area contributed by atoms with E-state index in [1.807, 2.05) is 12.1 Å². The molecule has 0 bridgehead atoms. The second-order valence-electron chi connectivity index (χ2n) is 4.26. The molecule has 0 amide bonds. The van der Waals surface area contributed by atoms with Gasteiger partial charge in [-0.2, -0.15) is 0 Å². The molecule has 80 valence electrons. The fourth-order valence-electron chi connectivity index (χ4n) is 2.61. The van der Waals surface area contributed by atoms with Gasteiger partial charge in [0.2, 0.25) is 0 Å². The number of ether oxygens (including phenoxy) is 1. The molecule has 15 heavy (non-hydrogen) atoms. The van der Waals surface area contributed by atoms with Crippen molar-refractivity contribution in [3.8, 4) is 0 Å². The number of rotatable bonds is 0. The number of hydrogen-bond donors (Lipinski definition) is 1. The molecular weight excluding hydrogens is 210 g/mol. The summed E-state index contributed by atoms with van der Waals surface area (Å²) < 4.78 is 5.86. The number of hydrogen-bond acceptors (Lipinski definition) is 2. The van der Waals surface area contributed by atoms with Gasteiger partial charge < -0.3 is 10.1 Å². The van der Waals surface area contributed by atoms with Crippen molar-refractivity contribution in [2.75, 3.05) is 13.1 Å². The SMILES string of the molecule is Clc1cccc2c1CO[C@@H]1CCNC[C@H]21. The first-order valence-electron chi connectivity index (χ1n) is 5.46. The molecule has 0 saturated carbocycles. The van der Waals surface area contributed by atoms with Gasteiger partial charge in [-0.1, -0.05) is 23.7 Å². The van der Waals surface area contributed by atoms with Crippen LogP contribution in [-0.2, 0) is 11.3 Å². The van der Waals surface area contributed by atoms with Gasteiger partial charge in [0.25, 0.3) is 0 Å². The lowest BCUT2D eigenvalue weighted by atomic mass is 9.84. The van der Waals surface area contributed by atoms with Crippen molar-refractivity contribution in [3.05, 3.63) is 34.3 Å². The van der Waals surface area contributed by atoms with E-state index in [1.54, 1.807) is 0 Å². The molecule has 2 aliphatic heterocycles. The molecule has 0 aromatic heterocycles. The minimum atomic E-state index is 0.386. The first-order valence-corrected chi connectivity index (χ1v) is 5.83. The van der Waals surface area contributed by atoms with Crippen LogP contribution in [0, 0.1) is 0 Å². The third kappa shape index (κ3) is 1.57. The highest BCUT2D eigenvalue weighted by atomic mass is 35.5. The molecule has 2 atom stereocenters. The Morgan fingerprint density at radius 1 is 1.40 bits per heavy atom. The highest BCUT2D eigenvalue weighted by Crippen LogP contribution is 2.37. The molecule has 0 aliphatic carbocycles. The van der Waals surface area contributed by atoms with Gasteiger partial charge in [0, 0.05) is 17.5 Å². The lowest BCUT2D eigenvalue weighted by molar-refractivity contribution is -0.00674. The summed E-state index contributed by atoms with van der Waals surface area (Å²) >= 11 is 6.17. The highest BCUT2D eigenvalue weighted by Gasteiger charge is 2.32. The van der Waals surface area contributed by atoms with E-state index >= 15 is 0 Å². The van der Waals surface area contributed by atoms with Crippen LogP contribution in [0.1, 0.15) is 23.5 Å². The molecule has 1 N–H and O–H groups in total. The Labute approximate surface area is 94.6 Å². The summed E-state index contributed by atoms with van der Waals surface area (Å²) in [5.41, 5.74) is 2.56. The normalized spacial score (nSPS) is 29.4. The van der Waals surface area contributed by atoms with Gasteiger partial charge in [0.15, 0.2) is 0 Å². The quantitative estimate of drug-likeness (QED) is 0.729. The molecule has 2 heterocycles. The fourth-order valence-corrected chi connectivity index (χ4v) is 2.85. The topological polar surface area (TPSA) is 21.3 Å². The zero-order valence-corrected chi connectivity index (χ0v) is 9.26. The number of nitrogens with one attached hydrogen (secondary N) is 1. The number of fused-ring (bicyclic) bond motifs is 3. The van der Waals surface area contributed by atoms with E-state index in [-0.39, 0.29) is 0 Å². The van der Waals surface area contributed by atoms with Crippen LogP contribution >= 0.6 is 11.6 Å². The van der Waals surface area contributed by atoms with Crippen molar-refractivity contribution in [2.45, 2.75) is 25.0 Å². The molecule has 2 nitrogen and oxygen atoms in total. The lowest BCUT2D eigenvalue weighted by Crippen LogP contribution is -2.42. The zero-order chi connectivity index (χ0) is 10.3. The Hall–Kier alpha value is -0.570. The summed E-state index contributed by atoms with van der Waals surface area (Å²) in [7, 11) is 0. The second-order valence-corrected chi connectivity index (χ2v) is 4.66. The molecule has 1 aromatic rings. The maximum atomic E-state index is 6.17. The molecule has 1 saturated heterocycles. The van der Waals surface area contributed by atoms with Gasteiger partial charge in [-0.15, -0.1) is 0 Å². The van der Waals surface area contributed by atoms with Gasteiger partial charge in [0.1, 0.15) is 0 Å². The summed E-state index contributed by atoms with van der Waals surface area (Å²) in [5.74, 6) is 0.487. The monoisotopic (exact) mass is 223 g/mol. The van der Waals surface area contributed by atoms with Crippen LogP contribution in [0.15, 0.2) is 18.2 Å². The molecule has 3 heteroatoms. The molecule has 0 spiro atoms.